The van der Waals surface area contributed by atoms with Crippen LogP contribution >= 0.6 is 27.3 Å². The van der Waals surface area contributed by atoms with Gasteiger partial charge in [-0.1, -0.05) is 21.1 Å². The molecule has 0 amide bonds. The van der Waals surface area contributed by atoms with Crippen LogP contribution in [-0.2, 0) is 0 Å². The number of thiophene rings is 1. The van der Waals surface area contributed by atoms with Crippen molar-refractivity contribution >= 4 is 32.3 Å². The van der Waals surface area contributed by atoms with Crippen molar-refractivity contribution in [2.24, 2.45) is 0 Å². The quantitative estimate of drug-likeness (QED) is 0.743. The van der Waals surface area contributed by atoms with E-state index >= 15 is 0 Å². The summed E-state index contributed by atoms with van der Waals surface area (Å²) in [6.07, 6.45) is 0. The summed E-state index contributed by atoms with van der Waals surface area (Å²) in [5.41, 5.74) is 8.80. The first kappa shape index (κ1) is 13.3. The first-order valence-electron chi connectivity index (χ1n) is 6.01. The molecule has 0 radical (unpaired) electrons. The van der Waals surface area contributed by atoms with Crippen LogP contribution < -0.4 is 5.73 Å². The molecule has 3 aromatic rings. The van der Waals surface area contributed by atoms with Gasteiger partial charge in [0.1, 0.15) is 0 Å². The summed E-state index contributed by atoms with van der Waals surface area (Å²) in [4.78, 5) is 5.57. The van der Waals surface area contributed by atoms with Crippen molar-refractivity contribution in [2.45, 2.75) is 13.8 Å². The Morgan fingerprint density at radius 3 is 2.65 bits per heavy atom. The van der Waals surface area contributed by atoms with Gasteiger partial charge in [0, 0.05) is 14.9 Å². The number of anilines is 1. The molecule has 0 aliphatic rings. The Hall–Kier alpha value is -1.66. The van der Waals surface area contributed by atoms with Gasteiger partial charge in [-0.3, -0.25) is 0 Å². The molecule has 3 rings (SSSR count). The third-order valence-electron chi connectivity index (χ3n) is 2.97. The first-order valence-corrected chi connectivity index (χ1v) is 7.62. The molecule has 1 aromatic carbocycles. The number of nitrogen functional groups attached to an aromatic ring is 1. The number of nitrogens with two attached hydrogens (primary N) is 1. The van der Waals surface area contributed by atoms with Crippen molar-refractivity contribution in [3.05, 3.63) is 39.2 Å². The van der Waals surface area contributed by atoms with Gasteiger partial charge in [-0.15, -0.1) is 11.3 Å². The molecule has 0 saturated heterocycles. The summed E-state index contributed by atoms with van der Waals surface area (Å²) in [5.74, 6) is 1.04. The molecule has 0 spiro atoms. The zero-order valence-electron chi connectivity index (χ0n) is 11.0. The third-order valence-corrected chi connectivity index (χ3v) is 4.34. The van der Waals surface area contributed by atoms with Crippen molar-refractivity contribution in [2.75, 3.05) is 5.73 Å². The maximum atomic E-state index is 5.96. The second-order valence-electron chi connectivity index (χ2n) is 4.52. The van der Waals surface area contributed by atoms with Gasteiger partial charge in [0.05, 0.1) is 10.6 Å². The Morgan fingerprint density at radius 2 is 2.00 bits per heavy atom. The van der Waals surface area contributed by atoms with E-state index in [1.54, 1.807) is 0 Å². The van der Waals surface area contributed by atoms with E-state index in [0.717, 1.165) is 26.0 Å². The van der Waals surface area contributed by atoms with E-state index in [4.69, 9.17) is 10.3 Å². The molecule has 0 atom stereocenters. The monoisotopic (exact) mass is 349 g/mol. The molecule has 6 heteroatoms. The first-order chi connectivity index (χ1) is 9.54. The van der Waals surface area contributed by atoms with Gasteiger partial charge in [-0.2, -0.15) is 4.98 Å². The van der Waals surface area contributed by atoms with Crippen molar-refractivity contribution in [1.82, 2.24) is 10.1 Å². The van der Waals surface area contributed by atoms with E-state index in [-0.39, 0.29) is 0 Å². The number of nitrogens with zero attached hydrogens (tertiary/aromatic N) is 2. The normalized spacial score (nSPS) is 10.9. The maximum Gasteiger partial charge on any atom is 0.261 e. The number of aromatic nitrogens is 2. The number of halogens is 1. The zero-order chi connectivity index (χ0) is 14.3. The van der Waals surface area contributed by atoms with E-state index in [9.17, 15) is 0 Å². The molecule has 0 unspecified atom stereocenters. The van der Waals surface area contributed by atoms with Crippen LogP contribution in [0.5, 0.6) is 0 Å². The molecule has 0 saturated carbocycles. The van der Waals surface area contributed by atoms with Crippen LogP contribution in [-0.4, -0.2) is 10.1 Å². The topological polar surface area (TPSA) is 64.9 Å². The molecular formula is C14H12BrN3OS. The molecule has 0 bridgehead atoms. The molecule has 0 fully saturated rings. The molecule has 20 heavy (non-hydrogen) atoms. The lowest BCUT2D eigenvalue weighted by atomic mass is 10.1. The number of aryl methyl sites for hydroxylation is 2. The average molecular weight is 350 g/mol. The zero-order valence-corrected chi connectivity index (χ0v) is 13.4. The number of rotatable bonds is 2. The average Bonchev–Trinajstić information content (AvgIpc) is 2.96. The molecule has 4 nitrogen and oxygen atoms in total. The minimum atomic E-state index is 0.462. The molecule has 2 heterocycles. The number of benzene rings is 1. The van der Waals surface area contributed by atoms with Gasteiger partial charge < -0.3 is 10.3 Å². The lowest BCUT2D eigenvalue weighted by molar-refractivity contribution is 0.432. The van der Waals surface area contributed by atoms with Crippen LogP contribution in [0.1, 0.15) is 10.4 Å². The van der Waals surface area contributed by atoms with Crippen LogP contribution in [0.4, 0.5) is 5.00 Å². The lowest BCUT2D eigenvalue weighted by Gasteiger charge is -2.00. The molecule has 2 aromatic heterocycles. The van der Waals surface area contributed by atoms with Gasteiger partial charge in [-0.05, 0) is 43.7 Å². The molecule has 0 aliphatic heterocycles. The molecule has 102 valence electrons. The van der Waals surface area contributed by atoms with Crippen LogP contribution in [0.3, 0.4) is 0 Å². The third kappa shape index (κ3) is 2.36. The molecule has 2 N–H and O–H groups in total. The minimum absolute atomic E-state index is 0.462. The highest BCUT2D eigenvalue weighted by molar-refractivity contribution is 9.10. The summed E-state index contributed by atoms with van der Waals surface area (Å²) in [5, 5.41) is 4.75. The van der Waals surface area contributed by atoms with Gasteiger partial charge in [0.15, 0.2) is 0 Å². The second kappa shape index (κ2) is 5.03. The summed E-state index contributed by atoms with van der Waals surface area (Å²) in [7, 11) is 0. The Bertz CT molecular complexity index is 779. The number of hydrogen-bond acceptors (Lipinski definition) is 5. The van der Waals surface area contributed by atoms with Gasteiger partial charge in [0.2, 0.25) is 5.82 Å². The summed E-state index contributed by atoms with van der Waals surface area (Å²) in [6.45, 7) is 4.01. The van der Waals surface area contributed by atoms with E-state index in [2.05, 4.69) is 26.1 Å². The highest BCUT2D eigenvalue weighted by atomic mass is 79.9. The van der Waals surface area contributed by atoms with Crippen molar-refractivity contribution < 1.29 is 4.52 Å². The van der Waals surface area contributed by atoms with E-state index in [1.165, 1.54) is 11.3 Å². The number of hydrogen-bond donors (Lipinski definition) is 1. The van der Waals surface area contributed by atoms with Crippen molar-refractivity contribution in [3.8, 4) is 22.8 Å². The van der Waals surface area contributed by atoms with E-state index < -0.39 is 0 Å². The maximum absolute atomic E-state index is 5.96. The lowest BCUT2D eigenvalue weighted by Crippen LogP contribution is -1.86. The SMILES string of the molecule is Cc1cc(-c2nc(-c3ccc(Br)cc3C)no2)c(N)s1. The Morgan fingerprint density at radius 1 is 1.20 bits per heavy atom. The summed E-state index contributed by atoms with van der Waals surface area (Å²) in [6, 6.07) is 7.91. The van der Waals surface area contributed by atoms with Gasteiger partial charge >= 0.3 is 0 Å². The Labute approximate surface area is 128 Å². The highest BCUT2D eigenvalue weighted by Crippen LogP contribution is 2.34. The molecular weight excluding hydrogens is 338 g/mol. The Balaban J connectivity index is 2.04. The predicted octanol–water partition coefficient (Wildman–Crippen LogP) is 4.43. The van der Waals surface area contributed by atoms with Gasteiger partial charge in [-0.25, -0.2) is 0 Å². The smallest absolute Gasteiger partial charge is 0.261 e. The fourth-order valence-electron chi connectivity index (χ4n) is 2.02. The highest BCUT2D eigenvalue weighted by Gasteiger charge is 2.16. The van der Waals surface area contributed by atoms with Crippen LogP contribution in [0, 0.1) is 13.8 Å². The Kier molecular flexibility index (Phi) is 3.35. The van der Waals surface area contributed by atoms with E-state index in [1.807, 2.05) is 38.1 Å². The molecule has 0 aliphatic carbocycles. The standard InChI is InChI=1S/C14H12BrN3OS/c1-7-5-9(15)3-4-10(7)13-17-14(19-18-13)11-6-8(2)20-12(11)16/h3-6H,16H2,1-2H3. The van der Waals surface area contributed by atoms with Crippen molar-refractivity contribution in [1.29, 1.82) is 0 Å². The van der Waals surface area contributed by atoms with Crippen molar-refractivity contribution in [3.63, 3.8) is 0 Å². The van der Waals surface area contributed by atoms with Gasteiger partial charge in [0.25, 0.3) is 5.89 Å². The predicted molar refractivity (Wildman–Crippen MR) is 84.6 cm³/mol. The van der Waals surface area contributed by atoms with Crippen LogP contribution in [0.2, 0.25) is 0 Å². The fourth-order valence-corrected chi connectivity index (χ4v) is 3.28. The summed E-state index contributed by atoms with van der Waals surface area (Å²) < 4.78 is 6.37. The summed E-state index contributed by atoms with van der Waals surface area (Å²) >= 11 is 4.96. The van der Waals surface area contributed by atoms with E-state index in [0.29, 0.717) is 16.7 Å². The van der Waals surface area contributed by atoms with Crippen LogP contribution in [0.25, 0.3) is 22.8 Å². The minimum Gasteiger partial charge on any atom is -0.390 e. The second-order valence-corrected chi connectivity index (χ2v) is 6.72. The van der Waals surface area contributed by atoms with Crippen LogP contribution in [0.15, 0.2) is 33.3 Å². The fraction of sp³-hybridized carbons (Fsp3) is 0.143. The largest absolute Gasteiger partial charge is 0.390 e.